The Hall–Kier alpha value is -1.43. The standard InChI is InChI=1S/C10H16N4OS/c1-4-11-10(16)13-12-8-5-6-14(3)7(2)9(8)15/h6H,4-5H2,1-3H3,(H2-,11,13,15,16)/p+1. The number of hydrogen-bond acceptors (Lipinski definition) is 3. The number of aliphatic hydroxyl groups excluding tert-OH is 1. The van der Waals surface area contributed by atoms with Crippen molar-refractivity contribution in [2.45, 2.75) is 20.3 Å². The Balaban J connectivity index is 2.70. The Labute approximate surface area is 101 Å². The molecule has 0 spiro atoms. The molecule has 0 aromatic rings. The Morgan fingerprint density at radius 1 is 1.69 bits per heavy atom. The Bertz CT molecular complexity index is 384. The maximum Gasteiger partial charge on any atom is 0.221 e. The Morgan fingerprint density at radius 2 is 2.38 bits per heavy atom. The van der Waals surface area contributed by atoms with Gasteiger partial charge in [-0.1, -0.05) is 0 Å². The van der Waals surface area contributed by atoms with E-state index < -0.39 is 0 Å². The monoisotopic (exact) mass is 241 g/mol. The molecule has 3 N–H and O–H groups in total. The molecule has 0 radical (unpaired) electrons. The minimum atomic E-state index is 0.205. The van der Waals surface area contributed by atoms with Gasteiger partial charge in [0.25, 0.3) is 0 Å². The molecule has 1 rings (SSSR count). The van der Waals surface area contributed by atoms with Gasteiger partial charge in [0, 0.05) is 13.5 Å². The summed E-state index contributed by atoms with van der Waals surface area (Å²) in [4.78, 5) is 0. The zero-order chi connectivity index (χ0) is 12.1. The summed E-state index contributed by atoms with van der Waals surface area (Å²) in [6.45, 7) is 4.53. The van der Waals surface area contributed by atoms with E-state index in [4.69, 9.17) is 12.2 Å². The van der Waals surface area contributed by atoms with Gasteiger partial charge in [-0.2, -0.15) is 5.10 Å². The highest BCUT2D eigenvalue weighted by Gasteiger charge is 2.21. The van der Waals surface area contributed by atoms with Gasteiger partial charge in [-0.05, 0) is 19.1 Å². The molecule has 5 nitrogen and oxygen atoms in total. The molecule has 88 valence electrons. The Kier molecular flexibility index (Phi) is 4.42. The Morgan fingerprint density at radius 3 is 3.00 bits per heavy atom. The van der Waals surface area contributed by atoms with Crippen molar-refractivity contribution in [3.63, 3.8) is 0 Å². The molecular weight excluding hydrogens is 224 g/mol. The summed E-state index contributed by atoms with van der Waals surface area (Å²) >= 11 is 4.97. The summed E-state index contributed by atoms with van der Waals surface area (Å²) < 4.78 is 1.87. The fraction of sp³-hybridized carbons (Fsp3) is 0.500. The lowest BCUT2D eigenvalue weighted by Gasteiger charge is -2.10. The molecule has 16 heavy (non-hydrogen) atoms. The molecule has 0 saturated heterocycles. The molecule has 0 aromatic carbocycles. The predicted octanol–water partition coefficient (Wildman–Crippen LogP) is 0.733. The van der Waals surface area contributed by atoms with Crippen molar-refractivity contribution in [3.8, 4) is 0 Å². The van der Waals surface area contributed by atoms with E-state index in [0.717, 1.165) is 12.2 Å². The van der Waals surface area contributed by atoms with Crippen LogP contribution >= 0.6 is 12.2 Å². The van der Waals surface area contributed by atoms with E-state index >= 15 is 0 Å². The van der Waals surface area contributed by atoms with E-state index in [0.29, 0.717) is 17.2 Å². The van der Waals surface area contributed by atoms with Gasteiger partial charge in [-0.25, -0.2) is 4.58 Å². The number of thiocarbonyl (C=S) groups is 1. The molecule has 0 aromatic heterocycles. The molecule has 0 amide bonds. The van der Waals surface area contributed by atoms with Crippen molar-refractivity contribution in [3.05, 3.63) is 11.5 Å². The second-order valence-corrected chi connectivity index (χ2v) is 3.87. The number of rotatable bonds is 2. The quantitative estimate of drug-likeness (QED) is 0.379. The summed E-state index contributed by atoms with van der Waals surface area (Å²) in [5.74, 6) is 0.205. The number of aliphatic hydroxyl groups is 1. The largest absolute Gasteiger partial charge is 0.501 e. The van der Waals surface area contributed by atoms with Gasteiger partial charge in [0.1, 0.15) is 12.8 Å². The van der Waals surface area contributed by atoms with Crippen molar-refractivity contribution in [2.24, 2.45) is 5.10 Å². The van der Waals surface area contributed by atoms with Gasteiger partial charge in [0.15, 0.2) is 11.3 Å². The second kappa shape index (κ2) is 5.60. The molecule has 1 heterocycles. The number of nitrogens with zero attached hydrogens (tertiary/aromatic N) is 2. The topological polar surface area (TPSA) is 59.7 Å². The predicted molar refractivity (Wildman–Crippen MR) is 69.0 cm³/mol. The van der Waals surface area contributed by atoms with Crippen molar-refractivity contribution in [1.82, 2.24) is 10.7 Å². The van der Waals surface area contributed by atoms with Crippen LogP contribution in [0.15, 0.2) is 16.6 Å². The summed E-state index contributed by atoms with van der Waals surface area (Å²) in [5, 5.41) is 17.3. The van der Waals surface area contributed by atoms with Crippen LogP contribution in [-0.2, 0) is 0 Å². The summed E-state index contributed by atoms with van der Waals surface area (Å²) in [7, 11) is 1.89. The van der Waals surface area contributed by atoms with Crippen LogP contribution in [0.2, 0.25) is 0 Å². The van der Waals surface area contributed by atoms with Gasteiger partial charge in [0.2, 0.25) is 11.5 Å². The van der Waals surface area contributed by atoms with E-state index in [-0.39, 0.29) is 5.76 Å². The van der Waals surface area contributed by atoms with Crippen LogP contribution in [0.3, 0.4) is 0 Å². The minimum Gasteiger partial charge on any atom is -0.501 e. The first-order chi connectivity index (χ1) is 7.56. The molecule has 0 unspecified atom stereocenters. The van der Waals surface area contributed by atoms with E-state index in [1.165, 1.54) is 0 Å². The smallest absolute Gasteiger partial charge is 0.221 e. The van der Waals surface area contributed by atoms with Crippen molar-refractivity contribution < 1.29 is 9.68 Å². The first kappa shape index (κ1) is 12.6. The van der Waals surface area contributed by atoms with Gasteiger partial charge in [0.05, 0.1) is 6.42 Å². The molecule has 6 heteroatoms. The van der Waals surface area contributed by atoms with Crippen LogP contribution in [0.25, 0.3) is 0 Å². The van der Waals surface area contributed by atoms with E-state index in [1.807, 2.05) is 31.7 Å². The highest BCUT2D eigenvalue weighted by Crippen LogP contribution is 2.09. The van der Waals surface area contributed by atoms with E-state index in [2.05, 4.69) is 15.8 Å². The lowest BCUT2D eigenvalue weighted by atomic mass is 10.1. The lowest BCUT2D eigenvalue weighted by Crippen LogP contribution is -2.33. The third kappa shape index (κ3) is 3.03. The SMILES string of the molecule is CCNC(=S)NN=C1CC=[N+](C)C(C)=C1O. The third-order valence-corrected chi connectivity index (χ3v) is 2.57. The summed E-state index contributed by atoms with van der Waals surface area (Å²) in [6.07, 6.45) is 2.53. The minimum absolute atomic E-state index is 0.205. The fourth-order valence-electron chi connectivity index (χ4n) is 1.25. The number of hydrogen-bond donors (Lipinski definition) is 3. The van der Waals surface area contributed by atoms with Crippen LogP contribution in [0.5, 0.6) is 0 Å². The zero-order valence-electron chi connectivity index (χ0n) is 9.74. The van der Waals surface area contributed by atoms with Gasteiger partial charge in [-0.3, -0.25) is 5.43 Å². The summed E-state index contributed by atoms with van der Waals surface area (Å²) in [6, 6.07) is 0. The summed E-state index contributed by atoms with van der Waals surface area (Å²) in [5.41, 5.74) is 4.07. The van der Waals surface area contributed by atoms with Crippen molar-refractivity contribution >= 4 is 29.3 Å². The van der Waals surface area contributed by atoms with Crippen LogP contribution in [0, 0.1) is 0 Å². The first-order valence-corrected chi connectivity index (χ1v) is 5.53. The maximum absolute atomic E-state index is 9.83. The average Bonchev–Trinajstić information content (AvgIpc) is 2.25. The number of nitrogens with one attached hydrogen (secondary N) is 2. The van der Waals surface area contributed by atoms with Crippen LogP contribution < -0.4 is 10.7 Å². The van der Waals surface area contributed by atoms with Gasteiger partial charge in [-0.15, -0.1) is 0 Å². The molecule has 0 saturated carbocycles. The fourth-order valence-corrected chi connectivity index (χ4v) is 1.44. The molecule has 0 atom stereocenters. The molecular formula is C10H17N4OS+. The van der Waals surface area contributed by atoms with Crippen LogP contribution in [0.1, 0.15) is 20.3 Å². The maximum atomic E-state index is 9.83. The number of allylic oxidation sites excluding steroid dienone is 2. The number of hydrazone groups is 1. The highest BCUT2D eigenvalue weighted by atomic mass is 32.1. The van der Waals surface area contributed by atoms with Crippen molar-refractivity contribution in [1.29, 1.82) is 0 Å². The van der Waals surface area contributed by atoms with Crippen LogP contribution in [-0.4, -0.2) is 40.3 Å². The average molecular weight is 241 g/mol. The molecule has 0 bridgehead atoms. The highest BCUT2D eigenvalue weighted by molar-refractivity contribution is 7.80. The normalized spacial score (nSPS) is 18.4. The lowest BCUT2D eigenvalue weighted by molar-refractivity contribution is -0.442. The molecule has 0 fully saturated rings. The van der Waals surface area contributed by atoms with Gasteiger partial charge < -0.3 is 10.4 Å². The van der Waals surface area contributed by atoms with E-state index in [1.54, 1.807) is 0 Å². The molecule has 0 aliphatic carbocycles. The van der Waals surface area contributed by atoms with Crippen LogP contribution in [0.4, 0.5) is 0 Å². The molecule has 1 aliphatic rings. The van der Waals surface area contributed by atoms with Crippen molar-refractivity contribution in [2.75, 3.05) is 13.6 Å². The second-order valence-electron chi connectivity index (χ2n) is 3.46. The third-order valence-electron chi connectivity index (χ3n) is 2.33. The van der Waals surface area contributed by atoms with Gasteiger partial charge >= 0.3 is 0 Å². The first-order valence-electron chi connectivity index (χ1n) is 5.13. The van der Waals surface area contributed by atoms with E-state index in [9.17, 15) is 5.11 Å². The zero-order valence-corrected chi connectivity index (χ0v) is 10.6. The molecule has 1 aliphatic heterocycles.